The van der Waals surface area contributed by atoms with Crippen molar-refractivity contribution in [2.75, 3.05) is 6.61 Å². The van der Waals surface area contributed by atoms with Crippen molar-refractivity contribution in [3.63, 3.8) is 0 Å². The van der Waals surface area contributed by atoms with Gasteiger partial charge in [0.25, 0.3) is 11.6 Å². The first-order chi connectivity index (χ1) is 11.9. The molecule has 0 radical (unpaired) electrons. The second-order valence-electron chi connectivity index (χ2n) is 5.59. The maximum atomic E-state index is 11.8. The molecular weight excluding hydrogens is 322 g/mol. The van der Waals surface area contributed by atoms with Crippen molar-refractivity contribution < 1.29 is 14.5 Å². The highest BCUT2D eigenvalue weighted by atomic mass is 16.6. The molecule has 1 amide bonds. The van der Waals surface area contributed by atoms with Crippen LogP contribution in [0.25, 0.3) is 0 Å². The predicted molar refractivity (Wildman–Crippen MR) is 95.0 cm³/mol. The van der Waals surface area contributed by atoms with Crippen LogP contribution in [-0.2, 0) is 4.79 Å². The Morgan fingerprint density at radius 1 is 1.24 bits per heavy atom. The van der Waals surface area contributed by atoms with Crippen molar-refractivity contribution in [3.05, 3.63) is 68.8 Å². The quantitative estimate of drug-likeness (QED) is 0.496. The average Bonchev–Trinajstić information content (AvgIpc) is 2.58. The van der Waals surface area contributed by atoms with E-state index in [9.17, 15) is 14.9 Å². The van der Waals surface area contributed by atoms with Gasteiger partial charge in [-0.2, -0.15) is 5.10 Å². The molecule has 130 valence electrons. The van der Waals surface area contributed by atoms with Crippen molar-refractivity contribution >= 4 is 17.8 Å². The Morgan fingerprint density at radius 2 is 1.96 bits per heavy atom. The molecule has 0 spiro atoms. The minimum Gasteiger partial charge on any atom is -0.483 e. The second kappa shape index (κ2) is 8.05. The summed E-state index contributed by atoms with van der Waals surface area (Å²) in [6.45, 7) is 5.67. The van der Waals surface area contributed by atoms with Crippen LogP contribution in [0.2, 0.25) is 0 Å². The Balaban J connectivity index is 1.92. The third-order valence-electron chi connectivity index (χ3n) is 3.71. The molecule has 0 aliphatic carbocycles. The van der Waals surface area contributed by atoms with Gasteiger partial charge in [-0.25, -0.2) is 5.43 Å². The molecule has 0 heterocycles. The molecule has 0 saturated carbocycles. The van der Waals surface area contributed by atoms with E-state index in [0.717, 1.165) is 16.7 Å². The summed E-state index contributed by atoms with van der Waals surface area (Å²) in [5.41, 5.74) is 5.85. The van der Waals surface area contributed by atoms with Crippen molar-refractivity contribution in [2.45, 2.75) is 20.8 Å². The molecule has 2 rings (SSSR count). The number of carbonyl (C=O) groups excluding carboxylic acids is 1. The lowest BCUT2D eigenvalue weighted by atomic mass is 10.1. The van der Waals surface area contributed by atoms with Gasteiger partial charge in [0.05, 0.1) is 11.1 Å². The van der Waals surface area contributed by atoms with Crippen molar-refractivity contribution in [1.82, 2.24) is 5.43 Å². The first-order valence-corrected chi connectivity index (χ1v) is 7.64. The maximum absolute atomic E-state index is 11.8. The summed E-state index contributed by atoms with van der Waals surface area (Å²) < 4.78 is 5.59. The van der Waals surface area contributed by atoms with E-state index in [0.29, 0.717) is 11.3 Å². The number of hydrogen-bond acceptors (Lipinski definition) is 5. The lowest BCUT2D eigenvalue weighted by molar-refractivity contribution is -0.384. The average molecular weight is 341 g/mol. The van der Waals surface area contributed by atoms with Gasteiger partial charge in [-0.3, -0.25) is 14.9 Å². The summed E-state index contributed by atoms with van der Waals surface area (Å²) in [5, 5.41) is 14.5. The van der Waals surface area contributed by atoms with E-state index in [2.05, 4.69) is 10.5 Å². The normalized spacial score (nSPS) is 10.7. The number of benzene rings is 2. The van der Waals surface area contributed by atoms with E-state index in [1.54, 1.807) is 12.1 Å². The van der Waals surface area contributed by atoms with Gasteiger partial charge < -0.3 is 4.74 Å². The SMILES string of the molecule is Cc1ccc(C)c(OCC(=O)N/N=C\c2cccc([N+](=O)[O-])c2)c1C. The minimum absolute atomic E-state index is 0.0380. The molecule has 0 aliphatic heterocycles. The molecular formula is C18H19N3O4. The zero-order valence-electron chi connectivity index (χ0n) is 14.3. The Hall–Kier alpha value is -3.22. The zero-order chi connectivity index (χ0) is 18.4. The number of rotatable bonds is 6. The number of hydrazone groups is 1. The summed E-state index contributed by atoms with van der Waals surface area (Å²) in [6.07, 6.45) is 1.34. The molecule has 0 aliphatic rings. The van der Waals surface area contributed by atoms with E-state index in [1.807, 2.05) is 32.9 Å². The first kappa shape index (κ1) is 18.1. The Labute approximate surface area is 145 Å². The van der Waals surface area contributed by atoms with Gasteiger partial charge in [-0.05, 0) is 37.5 Å². The fourth-order valence-corrected chi connectivity index (χ4v) is 2.22. The molecule has 7 nitrogen and oxygen atoms in total. The number of aryl methyl sites for hydroxylation is 2. The number of nitro groups is 1. The highest BCUT2D eigenvalue weighted by Gasteiger charge is 2.09. The van der Waals surface area contributed by atoms with Gasteiger partial charge in [-0.1, -0.05) is 24.3 Å². The number of hydrogen-bond donors (Lipinski definition) is 1. The zero-order valence-corrected chi connectivity index (χ0v) is 14.3. The van der Waals surface area contributed by atoms with Crippen molar-refractivity contribution in [1.29, 1.82) is 0 Å². The smallest absolute Gasteiger partial charge is 0.277 e. The molecule has 0 aromatic heterocycles. The number of non-ortho nitro benzene ring substituents is 1. The molecule has 0 fully saturated rings. The summed E-state index contributed by atoms with van der Waals surface area (Å²) in [7, 11) is 0. The molecule has 7 heteroatoms. The van der Waals surface area contributed by atoms with Crippen LogP contribution in [0.5, 0.6) is 5.75 Å². The summed E-state index contributed by atoms with van der Waals surface area (Å²) in [6, 6.07) is 9.89. The van der Waals surface area contributed by atoms with Gasteiger partial charge in [0, 0.05) is 17.7 Å². The number of nitrogens with one attached hydrogen (secondary N) is 1. The summed E-state index contributed by atoms with van der Waals surface area (Å²) >= 11 is 0. The van der Waals surface area contributed by atoms with Gasteiger partial charge in [-0.15, -0.1) is 0 Å². The summed E-state index contributed by atoms with van der Waals surface area (Å²) in [4.78, 5) is 22.1. The Bertz CT molecular complexity index is 831. The van der Waals surface area contributed by atoms with Crippen LogP contribution in [0.1, 0.15) is 22.3 Å². The third-order valence-corrected chi connectivity index (χ3v) is 3.71. The fraction of sp³-hybridized carbons (Fsp3) is 0.222. The summed E-state index contributed by atoms with van der Waals surface area (Å²) in [5.74, 6) is 0.278. The molecule has 2 aromatic carbocycles. The number of carbonyl (C=O) groups is 1. The van der Waals surface area contributed by atoms with Crippen LogP contribution < -0.4 is 10.2 Å². The monoisotopic (exact) mass is 341 g/mol. The number of amides is 1. The molecule has 1 N–H and O–H groups in total. The first-order valence-electron chi connectivity index (χ1n) is 7.64. The van der Waals surface area contributed by atoms with Crippen molar-refractivity contribution in [2.24, 2.45) is 5.10 Å². The highest BCUT2D eigenvalue weighted by molar-refractivity contribution is 5.83. The molecule has 0 bridgehead atoms. The maximum Gasteiger partial charge on any atom is 0.277 e. The number of nitrogens with zero attached hydrogens (tertiary/aromatic N) is 2. The predicted octanol–water partition coefficient (Wildman–Crippen LogP) is 3.05. The highest BCUT2D eigenvalue weighted by Crippen LogP contribution is 2.25. The second-order valence-corrected chi connectivity index (χ2v) is 5.59. The molecule has 0 saturated heterocycles. The van der Waals surface area contributed by atoms with Crippen LogP contribution in [-0.4, -0.2) is 23.7 Å². The Morgan fingerprint density at radius 3 is 2.68 bits per heavy atom. The third kappa shape index (κ3) is 4.87. The molecule has 2 aromatic rings. The lowest BCUT2D eigenvalue weighted by Crippen LogP contribution is -2.25. The van der Waals surface area contributed by atoms with Crippen LogP contribution in [0.4, 0.5) is 5.69 Å². The van der Waals surface area contributed by atoms with Crippen molar-refractivity contribution in [3.8, 4) is 5.75 Å². The van der Waals surface area contributed by atoms with E-state index in [4.69, 9.17) is 4.74 Å². The largest absolute Gasteiger partial charge is 0.483 e. The van der Waals surface area contributed by atoms with Crippen LogP contribution in [0.3, 0.4) is 0 Å². The van der Waals surface area contributed by atoms with E-state index < -0.39 is 10.8 Å². The van der Waals surface area contributed by atoms with Gasteiger partial charge in [0.2, 0.25) is 0 Å². The molecule has 0 atom stereocenters. The fourth-order valence-electron chi connectivity index (χ4n) is 2.22. The van der Waals surface area contributed by atoms with Crippen LogP contribution in [0, 0.1) is 30.9 Å². The standard InChI is InChI=1S/C18H19N3O4/c1-12-7-8-13(2)18(14(12)3)25-11-17(22)20-19-10-15-5-4-6-16(9-15)21(23)24/h4-10H,11H2,1-3H3,(H,20,22)/b19-10-. The molecule has 0 unspecified atom stereocenters. The Kier molecular flexibility index (Phi) is 5.84. The molecule has 25 heavy (non-hydrogen) atoms. The van der Waals surface area contributed by atoms with E-state index >= 15 is 0 Å². The van der Waals surface area contributed by atoms with Gasteiger partial charge >= 0.3 is 0 Å². The lowest BCUT2D eigenvalue weighted by Gasteiger charge is -2.13. The number of ether oxygens (including phenoxy) is 1. The van der Waals surface area contributed by atoms with Gasteiger partial charge in [0.1, 0.15) is 5.75 Å². The van der Waals surface area contributed by atoms with E-state index in [-0.39, 0.29) is 12.3 Å². The number of nitro benzene ring substituents is 1. The van der Waals surface area contributed by atoms with Crippen LogP contribution in [0.15, 0.2) is 41.5 Å². The minimum atomic E-state index is -0.490. The van der Waals surface area contributed by atoms with Crippen LogP contribution >= 0.6 is 0 Å². The van der Waals surface area contributed by atoms with E-state index in [1.165, 1.54) is 18.3 Å². The van der Waals surface area contributed by atoms with Gasteiger partial charge in [0.15, 0.2) is 6.61 Å². The topological polar surface area (TPSA) is 93.8 Å².